The van der Waals surface area contributed by atoms with Gasteiger partial charge in [0.2, 0.25) is 0 Å². The van der Waals surface area contributed by atoms with Crippen molar-refractivity contribution < 1.29 is 24.1 Å². The Bertz CT molecular complexity index is 1110. The second-order valence-electron chi connectivity index (χ2n) is 8.97. The van der Waals surface area contributed by atoms with Gasteiger partial charge in [-0.1, -0.05) is 6.08 Å². The summed E-state index contributed by atoms with van der Waals surface area (Å²) in [6, 6.07) is 3.87. The van der Waals surface area contributed by atoms with Crippen molar-refractivity contribution in [2.45, 2.75) is 31.5 Å². The van der Waals surface area contributed by atoms with E-state index in [4.69, 9.17) is 19.2 Å². The molecule has 3 unspecified atom stereocenters. The van der Waals surface area contributed by atoms with Crippen LogP contribution in [-0.4, -0.2) is 79.5 Å². The summed E-state index contributed by atoms with van der Waals surface area (Å²) in [5.74, 6) is 0.851. The van der Waals surface area contributed by atoms with Crippen LogP contribution in [-0.2, 0) is 22.5 Å². The number of carbonyl (C=O) groups excluding carboxylic acids is 1. The minimum Gasteiger partial charge on any atom is -0.493 e. The average molecular weight is 440 g/mol. The Labute approximate surface area is 187 Å². The molecule has 3 aliphatic rings. The summed E-state index contributed by atoms with van der Waals surface area (Å²) in [5, 5.41) is 11.7. The van der Waals surface area contributed by atoms with Gasteiger partial charge in [0.15, 0.2) is 11.5 Å². The molecule has 8 heteroatoms. The molecule has 0 aliphatic carbocycles. The van der Waals surface area contributed by atoms with Crippen molar-refractivity contribution in [3.05, 3.63) is 35.0 Å². The van der Waals surface area contributed by atoms with E-state index >= 15 is 0 Å². The number of fused-ring (bicyclic) bond motifs is 6. The van der Waals surface area contributed by atoms with E-state index in [0.717, 1.165) is 35.3 Å². The summed E-state index contributed by atoms with van der Waals surface area (Å²) in [7, 11) is 7.41. The first-order chi connectivity index (χ1) is 15.4. The van der Waals surface area contributed by atoms with Crippen molar-refractivity contribution in [1.29, 1.82) is 0 Å². The molecule has 170 valence electrons. The lowest BCUT2D eigenvalue weighted by atomic mass is 9.92. The van der Waals surface area contributed by atoms with Gasteiger partial charge in [0.25, 0.3) is 0 Å². The average Bonchev–Trinajstić information content (AvgIpc) is 3.26. The standard InChI is InChI=1S/C24H29N3O5/c1-26(2)6-5-13-14-8-21(30-3)22(31-4)9-17(14)25-24-16(13)11-27-18(24)7-15-19(27)12-32-23(29)10-20(15)28/h7-9,15,19-20,28H,5-6,10-12H2,1-4H3. The molecule has 0 spiro atoms. The number of hydrogen-bond donors (Lipinski definition) is 1. The monoisotopic (exact) mass is 439 g/mol. The molecule has 0 radical (unpaired) electrons. The zero-order valence-corrected chi connectivity index (χ0v) is 18.9. The van der Waals surface area contributed by atoms with Crippen LogP contribution in [0.3, 0.4) is 0 Å². The van der Waals surface area contributed by atoms with E-state index in [0.29, 0.717) is 18.0 Å². The summed E-state index contributed by atoms with van der Waals surface area (Å²) < 4.78 is 16.5. The first kappa shape index (κ1) is 21.0. The molecule has 0 amide bonds. The van der Waals surface area contributed by atoms with Gasteiger partial charge in [-0.15, -0.1) is 0 Å². The molecule has 5 rings (SSSR count). The smallest absolute Gasteiger partial charge is 0.308 e. The van der Waals surface area contributed by atoms with E-state index < -0.39 is 6.10 Å². The minimum atomic E-state index is -0.741. The molecule has 4 heterocycles. The molecule has 0 bridgehead atoms. The highest BCUT2D eigenvalue weighted by molar-refractivity contribution is 5.90. The van der Waals surface area contributed by atoms with Gasteiger partial charge in [-0.25, -0.2) is 4.98 Å². The highest BCUT2D eigenvalue weighted by Gasteiger charge is 2.46. The van der Waals surface area contributed by atoms with Crippen LogP contribution < -0.4 is 9.47 Å². The molecular weight excluding hydrogens is 410 g/mol. The van der Waals surface area contributed by atoms with Crippen LogP contribution in [0.2, 0.25) is 0 Å². The maximum Gasteiger partial charge on any atom is 0.308 e. The van der Waals surface area contributed by atoms with Crippen molar-refractivity contribution in [2.24, 2.45) is 5.92 Å². The summed E-state index contributed by atoms with van der Waals surface area (Å²) in [6.45, 7) is 1.87. The predicted molar refractivity (Wildman–Crippen MR) is 119 cm³/mol. The number of nitrogens with zero attached hydrogens (tertiary/aromatic N) is 3. The summed E-state index contributed by atoms with van der Waals surface area (Å²) in [4.78, 5) is 21.3. The van der Waals surface area contributed by atoms with Gasteiger partial charge in [0.05, 0.1) is 49.7 Å². The Morgan fingerprint density at radius 2 is 2.00 bits per heavy atom. The highest BCUT2D eigenvalue weighted by atomic mass is 16.5. The largest absolute Gasteiger partial charge is 0.493 e. The van der Waals surface area contributed by atoms with Crippen LogP contribution in [0.4, 0.5) is 0 Å². The lowest BCUT2D eigenvalue weighted by Crippen LogP contribution is -2.38. The van der Waals surface area contributed by atoms with Gasteiger partial charge >= 0.3 is 5.97 Å². The molecule has 8 nitrogen and oxygen atoms in total. The van der Waals surface area contributed by atoms with Crippen molar-refractivity contribution in [2.75, 3.05) is 41.5 Å². The fourth-order valence-electron chi connectivity index (χ4n) is 5.17. The molecular formula is C24H29N3O5. The zero-order valence-electron chi connectivity index (χ0n) is 18.9. The van der Waals surface area contributed by atoms with Crippen LogP contribution in [0, 0.1) is 5.92 Å². The Kier molecular flexibility index (Phi) is 5.22. The Morgan fingerprint density at radius 3 is 2.72 bits per heavy atom. The molecule has 2 aromatic rings. The lowest BCUT2D eigenvalue weighted by molar-refractivity contribution is -0.144. The number of hydrogen-bond acceptors (Lipinski definition) is 8. The van der Waals surface area contributed by atoms with Gasteiger partial charge in [-0.3, -0.25) is 4.79 Å². The number of ether oxygens (including phenoxy) is 3. The predicted octanol–water partition coefficient (Wildman–Crippen LogP) is 1.82. The lowest BCUT2D eigenvalue weighted by Gasteiger charge is -2.28. The zero-order chi connectivity index (χ0) is 22.6. The molecule has 3 atom stereocenters. The molecule has 1 aromatic heterocycles. The van der Waals surface area contributed by atoms with Crippen LogP contribution in [0.25, 0.3) is 16.6 Å². The van der Waals surface area contributed by atoms with E-state index in [1.807, 2.05) is 12.1 Å². The normalized spacial score (nSPS) is 24.1. The fraction of sp³-hybridized carbons (Fsp3) is 0.500. The van der Waals surface area contributed by atoms with Crippen LogP contribution >= 0.6 is 0 Å². The molecule has 3 aliphatic heterocycles. The van der Waals surface area contributed by atoms with Gasteiger partial charge in [-0.2, -0.15) is 0 Å². The second-order valence-corrected chi connectivity index (χ2v) is 8.97. The van der Waals surface area contributed by atoms with Crippen molar-refractivity contribution in [3.8, 4) is 11.5 Å². The minimum absolute atomic E-state index is 0.0296. The SMILES string of the molecule is COc1cc2nc3c(c(CCN(C)C)c2cc1OC)CN1C3=CC2C(O)CC(=O)OCC21. The van der Waals surface area contributed by atoms with Crippen LogP contribution in [0.15, 0.2) is 18.2 Å². The van der Waals surface area contributed by atoms with E-state index in [9.17, 15) is 9.90 Å². The summed E-state index contributed by atoms with van der Waals surface area (Å²) in [5.41, 5.74) is 5.27. The van der Waals surface area contributed by atoms with Gasteiger partial charge < -0.3 is 29.1 Å². The number of pyridine rings is 1. The number of aromatic nitrogens is 1. The van der Waals surface area contributed by atoms with Crippen molar-refractivity contribution >= 4 is 22.6 Å². The van der Waals surface area contributed by atoms with Gasteiger partial charge in [0.1, 0.15) is 6.61 Å². The summed E-state index contributed by atoms with van der Waals surface area (Å²) in [6.07, 6.45) is 2.24. The first-order valence-corrected chi connectivity index (χ1v) is 11.0. The number of likely N-dealkylation sites (N-methyl/N-ethyl adjacent to an activating group) is 1. The number of benzene rings is 1. The maximum atomic E-state index is 11.9. The number of carbonyl (C=O) groups is 1. The van der Waals surface area contributed by atoms with E-state index in [1.165, 1.54) is 11.1 Å². The Hall–Kier alpha value is -2.84. The number of rotatable bonds is 5. The van der Waals surface area contributed by atoms with Crippen LogP contribution in [0.1, 0.15) is 23.2 Å². The van der Waals surface area contributed by atoms with Crippen LogP contribution in [0.5, 0.6) is 11.5 Å². The summed E-state index contributed by atoms with van der Waals surface area (Å²) >= 11 is 0. The first-order valence-electron chi connectivity index (χ1n) is 11.0. The number of cyclic esters (lactones) is 1. The Morgan fingerprint density at radius 1 is 1.25 bits per heavy atom. The molecule has 1 fully saturated rings. The third kappa shape index (κ3) is 3.29. The Balaban J connectivity index is 1.66. The molecule has 1 saturated heterocycles. The van der Waals surface area contributed by atoms with Gasteiger partial charge in [0, 0.05) is 36.0 Å². The van der Waals surface area contributed by atoms with E-state index in [1.54, 1.807) is 14.2 Å². The quantitative estimate of drug-likeness (QED) is 0.707. The third-order valence-electron chi connectivity index (χ3n) is 6.83. The maximum absolute atomic E-state index is 11.9. The molecule has 32 heavy (non-hydrogen) atoms. The molecule has 0 saturated carbocycles. The number of aliphatic hydroxyl groups is 1. The molecule has 1 N–H and O–H groups in total. The number of methoxy groups -OCH3 is 2. The third-order valence-corrected chi connectivity index (χ3v) is 6.83. The van der Waals surface area contributed by atoms with E-state index in [2.05, 4.69) is 30.0 Å². The second kappa shape index (κ2) is 7.94. The topological polar surface area (TPSA) is 84.4 Å². The van der Waals surface area contributed by atoms with Crippen molar-refractivity contribution in [1.82, 2.24) is 14.8 Å². The van der Waals surface area contributed by atoms with Crippen molar-refractivity contribution in [3.63, 3.8) is 0 Å². The highest BCUT2D eigenvalue weighted by Crippen LogP contribution is 2.46. The van der Waals surface area contributed by atoms with E-state index in [-0.39, 0.29) is 31.0 Å². The fourth-order valence-corrected chi connectivity index (χ4v) is 5.17. The number of esters is 1. The van der Waals surface area contributed by atoms with Gasteiger partial charge in [-0.05, 0) is 32.1 Å². The number of aliphatic hydroxyl groups excluding tert-OH is 1. The molecule has 1 aromatic carbocycles.